The van der Waals surface area contributed by atoms with Gasteiger partial charge in [0.15, 0.2) is 0 Å². The van der Waals surface area contributed by atoms with Gasteiger partial charge < -0.3 is 10.8 Å². The molecule has 94 valence electrons. The molecule has 0 saturated carbocycles. The molecule has 0 amide bonds. The lowest BCUT2D eigenvalue weighted by Gasteiger charge is -2.13. The van der Waals surface area contributed by atoms with Crippen LogP contribution >= 0.6 is 15.9 Å². The van der Waals surface area contributed by atoms with Crippen molar-refractivity contribution in [3.63, 3.8) is 0 Å². The zero-order chi connectivity index (χ0) is 13.1. The van der Waals surface area contributed by atoms with Gasteiger partial charge in [-0.2, -0.15) is 0 Å². The van der Waals surface area contributed by atoms with Gasteiger partial charge in [0.25, 0.3) is 0 Å². The number of halogens is 2. The topological polar surface area (TPSA) is 46.2 Å². The highest BCUT2D eigenvalue weighted by Gasteiger charge is 2.12. The predicted molar refractivity (Wildman–Crippen MR) is 73.6 cm³/mol. The number of hydrogen-bond donors (Lipinski definition) is 2. The molecule has 1 atom stereocenters. The van der Waals surface area contributed by atoms with Crippen molar-refractivity contribution in [3.05, 3.63) is 63.9 Å². The molecule has 0 heterocycles. The Labute approximate surface area is 113 Å². The summed E-state index contributed by atoms with van der Waals surface area (Å²) in [6.45, 7) is 0. The molecule has 2 aromatic rings. The third kappa shape index (κ3) is 2.89. The maximum Gasteiger partial charge on any atom is 0.137 e. The van der Waals surface area contributed by atoms with Crippen LogP contribution in [0.15, 0.2) is 46.9 Å². The molecule has 0 bridgehead atoms. The van der Waals surface area contributed by atoms with Crippen LogP contribution in [-0.4, -0.2) is 5.11 Å². The highest BCUT2D eigenvalue weighted by Crippen LogP contribution is 2.25. The molecule has 0 radical (unpaired) electrons. The minimum absolute atomic E-state index is 0.313. The second kappa shape index (κ2) is 5.50. The summed E-state index contributed by atoms with van der Waals surface area (Å²) in [7, 11) is 0. The molecule has 4 heteroatoms. The third-order valence-corrected chi connectivity index (χ3v) is 3.38. The van der Waals surface area contributed by atoms with Crippen molar-refractivity contribution in [1.82, 2.24) is 0 Å². The summed E-state index contributed by atoms with van der Waals surface area (Å²) in [6, 6.07) is 11.9. The summed E-state index contributed by atoms with van der Waals surface area (Å²) in [4.78, 5) is 0. The van der Waals surface area contributed by atoms with E-state index in [2.05, 4.69) is 15.9 Å². The van der Waals surface area contributed by atoms with Crippen LogP contribution in [-0.2, 0) is 6.42 Å². The zero-order valence-electron chi connectivity index (χ0n) is 9.61. The van der Waals surface area contributed by atoms with Gasteiger partial charge in [0.2, 0.25) is 0 Å². The number of aliphatic hydroxyl groups is 1. The number of nitrogens with two attached hydrogens (primary N) is 1. The van der Waals surface area contributed by atoms with Crippen LogP contribution < -0.4 is 5.73 Å². The lowest BCUT2D eigenvalue weighted by Crippen LogP contribution is -2.05. The van der Waals surface area contributed by atoms with E-state index in [0.29, 0.717) is 22.1 Å². The molecule has 2 nitrogen and oxygen atoms in total. The van der Waals surface area contributed by atoms with Gasteiger partial charge in [0, 0.05) is 17.7 Å². The second-order valence-corrected chi connectivity index (χ2v) is 4.95. The monoisotopic (exact) mass is 309 g/mol. The molecular formula is C14H13BrFNO. The summed E-state index contributed by atoms with van der Waals surface area (Å²) >= 11 is 3.13. The molecular weight excluding hydrogens is 297 g/mol. The summed E-state index contributed by atoms with van der Waals surface area (Å²) in [5, 5.41) is 10.1. The summed E-state index contributed by atoms with van der Waals surface area (Å²) in [5.74, 6) is -0.313. The molecule has 0 aromatic heterocycles. The molecule has 18 heavy (non-hydrogen) atoms. The van der Waals surface area contributed by atoms with E-state index in [0.717, 1.165) is 5.56 Å². The van der Waals surface area contributed by atoms with Gasteiger partial charge in [-0.3, -0.25) is 0 Å². The van der Waals surface area contributed by atoms with Gasteiger partial charge in [-0.15, -0.1) is 0 Å². The van der Waals surface area contributed by atoms with Gasteiger partial charge in [-0.1, -0.05) is 24.3 Å². The lowest BCUT2D eigenvalue weighted by atomic mass is 10.0. The molecule has 2 aromatic carbocycles. The maximum absolute atomic E-state index is 13.1. The minimum atomic E-state index is -0.691. The summed E-state index contributed by atoms with van der Waals surface area (Å²) in [5.41, 5.74) is 7.90. The van der Waals surface area contributed by atoms with Crippen LogP contribution in [0.2, 0.25) is 0 Å². The van der Waals surface area contributed by atoms with Crippen LogP contribution in [0.4, 0.5) is 10.1 Å². The van der Waals surface area contributed by atoms with E-state index in [1.165, 1.54) is 6.07 Å². The number of aliphatic hydroxyl groups excluding tert-OH is 1. The number of hydrogen-bond acceptors (Lipinski definition) is 2. The molecule has 0 spiro atoms. The number of anilines is 1. The van der Waals surface area contributed by atoms with Crippen molar-refractivity contribution in [2.24, 2.45) is 0 Å². The average molecular weight is 310 g/mol. The first-order chi connectivity index (χ1) is 8.58. The molecule has 0 aliphatic carbocycles. The fraction of sp³-hybridized carbons (Fsp3) is 0.143. The van der Waals surface area contributed by atoms with Gasteiger partial charge in [-0.05, 0) is 39.7 Å². The van der Waals surface area contributed by atoms with Crippen LogP contribution in [0.3, 0.4) is 0 Å². The highest BCUT2D eigenvalue weighted by molar-refractivity contribution is 9.10. The number of nitrogen functional groups attached to an aromatic ring is 1. The molecule has 3 N–H and O–H groups in total. The Bertz CT molecular complexity index is 559. The van der Waals surface area contributed by atoms with Crippen molar-refractivity contribution < 1.29 is 9.50 Å². The summed E-state index contributed by atoms with van der Waals surface area (Å²) < 4.78 is 13.5. The Morgan fingerprint density at radius 2 is 1.94 bits per heavy atom. The molecule has 0 aliphatic heterocycles. The van der Waals surface area contributed by atoms with Crippen LogP contribution in [0.1, 0.15) is 17.2 Å². The predicted octanol–water partition coefficient (Wildman–Crippen LogP) is 3.45. The van der Waals surface area contributed by atoms with Crippen molar-refractivity contribution >= 4 is 21.6 Å². The Hall–Kier alpha value is -1.39. The Morgan fingerprint density at radius 1 is 1.22 bits per heavy atom. The van der Waals surface area contributed by atoms with Crippen LogP contribution in [0.25, 0.3) is 0 Å². The van der Waals surface area contributed by atoms with Gasteiger partial charge in [-0.25, -0.2) is 4.39 Å². The Morgan fingerprint density at radius 3 is 2.61 bits per heavy atom. The van der Waals surface area contributed by atoms with E-state index in [9.17, 15) is 9.50 Å². The van der Waals surface area contributed by atoms with E-state index in [1.807, 2.05) is 12.1 Å². The molecule has 0 fully saturated rings. The fourth-order valence-electron chi connectivity index (χ4n) is 1.81. The van der Waals surface area contributed by atoms with Crippen LogP contribution in [0.5, 0.6) is 0 Å². The SMILES string of the molecule is Nc1ccccc1C(O)Cc1ccc(F)c(Br)c1. The van der Waals surface area contributed by atoms with E-state index < -0.39 is 6.10 Å². The van der Waals surface area contributed by atoms with Gasteiger partial charge in [0.05, 0.1) is 10.6 Å². The fourth-order valence-corrected chi connectivity index (χ4v) is 2.24. The maximum atomic E-state index is 13.1. The number of benzene rings is 2. The van der Waals surface area contributed by atoms with E-state index in [1.54, 1.807) is 24.3 Å². The van der Waals surface area contributed by atoms with Crippen molar-refractivity contribution in [3.8, 4) is 0 Å². The van der Waals surface area contributed by atoms with Crippen molar-refractivity contribution in [2.45, 2.75) is 12.5 Å². The Kier molecular flexibility index (Phi) is 3.99. The normalized spacial score (nSPS) is 12.4. The van der Waals surface area contributed by atoms with Crippen molar-refractivity contribution in [2.75, 3.05) is 5.73 Å². The van der Waals surface area contributed by atoms with Crippen LogP contribution in [0, 0.1) is 5.82 Å². The first-order valence-electron chi connectivity index (χ1n) is 5.54. The quantitative estimate of drug-likeness (QED) is 0.853. The van der Waals surface area contributed by atoms with E-state index in [4.69, 9.17) is 5.73 Å². The molecule has 2 rings (SSSR count). The smallest absolute Gasteiger partial charge is 0.137 e. The molecule has 0 saturated heterocycles. The molecule has 1 unspecified atom stereocenters. The highest BCUT2D eigenvalue weighted by atomic mass is 79.9. The minimum Gasteiger partial charge on any atom is -0.398 e. The average Bonchev–Trinajstić information content (AvgIpc) is 2.34. The number of para-hydroxylation sites is 1. The third-order valence-electron chi connectivity index (χ3n) is 2.77. The van der Waals surface area contributed by atoms with Gasteiger partial charge in [0.1, 0.15) is 5.82 Å². The van der Waals surface area contributed by atoms with E-state index >= 15 is 0 Å². The first kappa shape index (κ1) is 13.1. The van der Waals surface area contributed by atoms with Gasteiger partial charge >= 0.3 is 0 Å². The number of rotatable bonds is 3. The molecule has 0 aliphatic rings. The zero-order valence-corrected chi connectivity index (χ0v) is 11.2. The second-order valence-electron chi connectivity index (χ2n) is 4.10. The standard InChI is InChI=1S/C14H13BrFNO/c15-11-7-9(5-6-12(11)16)8-14(18)10-3-1-2-4-13(10)17/h1-7,14,18H,8,17H2. The largest absolute Gasteiger partial charge is 0.398 e. The van der Waals surface area contributed by atoms with Crippen molar-refractivity contribution in [1.29, 1.82) is 0 Å². The van der Waals surface area contributed by atoms with E-state index in [-0.39, 0.29) is 5.82 Å². The Balaban J connectivity index is 2.19. The summed E-state index contributed by atoms with van der Waals surface area (Å²) in [6.07, 6.45) is -0.295. The first-order valence-corrected chi connectivity index (χ1v) is 6.33. The lowest BCUT2D eigenvalue weighted by molar-refractivity contribution is 0.179.